The molecule has 0 saturated heterocycles. The number of rotatable bonds is 5. The molecule has 18 heavy (non-hydrogen) atoms. The molecule has 5 nitrogen and oxygen atoms in total. The Bertz CT molecular complexity index is 471. The van der Waals surface area contributed by atoms with Crippen LogP contribution in [-0.4, -0.2) is 29.0 Å². The van der Waals surface area contributed by atoms with Crippen LogP contribution < -0.4 is 10.6 Å². The van der Waals surface area contributed by atoms with Crippen LogP contribution in [0.1, 0.15) is 18.4 Å². The van der Waals surface area contributed by atoms with E-state index in [0.717, 1.165) is 5.56 Å². The van der Waals surface area contributed by atoms with Crippen molar-refractivity contribution >= 4 is 34.8 Å². The number of nitrogens with two attached hydrogens (primary N) is 1. The summed E-state index contributed by atoms with van der Waals surface area (Å²) in [5, 5.41) is 8.51. The largest absolute Gasteiger partial charge is 0.481 e. The van der Waals surface area contributed by atoms with E-state index in [2.05, 4.69) is 0 Å². The van der Waals surface area contributed by atoms with Gasteiger partial charge in [-0.25, -0.2) is 0 Å². The number of aliphatic carboxylic acids is 1. The van der Waals surface area contributed by atoms with E-state index in [9.17, 15) is 9.59 Å². The minimum absolute atomic E-state index is 0.0249. The van der Waals surface area contributed by atoms with Crippen molar-refractivity contribution in [1.29, 1.82) is 0 Å². The number of anilines is 1. The maximum absolute atomic E-state index is 11.7. The second-order valence-electron chi connectivity index (χ2n) is 3.76. The quantitative estimate of drug-likeness (QED) is 0.781. The first-order valence-electron chi connectivity index (χ1n) is 5.30. The molecule has 3 N–H and O–H groups in total. The Morgan fingerprint density at radius 2 is 1.83 bits per heavy atom. The van der Waals surface area contributed by atoms with E-state index in [-0.39, 0.29) is 18.7 Å². The molecule has 0 spiro atoms. The summed E-state index contributed by atoms with van der Waals surface area (Å²) in [6.07, 6.45) is -0.197. The van der Waals surface area contributed by atoms with Gasteiger partial charge < -0.3 is 15.7 Å². The van der Waals surface area contributed by atoms with Crippen molar-refractivity contribution in [3.8, 4) is 0 Å². The van der Waals surface area contributed by atoms with E-state index >= 15 is 0 Å². The highest BCUT2D eigenvalue weighted by Gasteiger charge is 2.12. The highest BCUT2D eigenvalue weighted by Crippen LogP contribution is 2.15. The van der Waals surface area contributed by atoms with E-state index in [0.29, 0.717) is 10.7 Å². The van der Waals surface area contributed by atoms with Gasteiger partial charge in [0.05, 0.1) is 6.42 Å². The molecule has 0 saturated carbocycles. The molecule has 96 valence electrons. The Morgan fingerprint density at radius 1 is 1.28 bits per heavy atom. The molecule has 0 heterocycles. The smallest absolute Gasteiger partial charge is 0.303 e. The number of nitrogens with zero attached hydrogens (tertiary/aromatic N) is 1. The fraction of sp³-hybridized carbons (Fsp3) is 0.250. The summed E-state index contributed by atoms with van der Waals surface area (Å²) < 4.78 is 0. The number of carbonyl (C=O) groups is 2. The van der Waals surface area contributed by atoms with Crippen LogP contribution in [0.25, 0.3) is 0 Å². The van der Waals surface area contributed by atoms with Gasteiger partial charge in [0.2, 0.25) is 5.91 Å². The van der Waals surface area contributed by atoms with E-state index in [1.165, 1.54) is 4.90 Å². The van der Waals surface area contributed by atoms with Gasteiger partial charge in [-0.2, -0.15) is 0 Å². The van der Waals surface area contributed by atoms with Gasteiger partial charge in [0.1, 0.15) is 4.99 Å². The van der Waals surface area contributed by atoms with Crippen LogP contribution >= 0.6 is 12.2 Å². The summed E-state index contributed by atoms with van der Waals surface area (Å²) in [4.78, 5) is 23.8. The molecular weight excluding hydrogens is 252 g/mol. The molecule has 0 atom stereocenters. The summed E-state index contributed by atoms with van der Waals surface area (Å²) >= 11 is 4.82. The molecule has 0 fully saturated rings. The van der Waals surface area contributed by atoms with Crippen LogP contribution in [0.4, 0.5) is 5.69 Å². The molecule has 1 amide bonds. The molecule has 0 aromatic heterocycles. The molecule has 6 heteroatoms. The SMILES string of the molecule is CN(C(=O)CCC(=O)O)c1ccc(C(N)=S)cc1. The highest BCUT2D eigenvalue weighted by atomic mass is 32.1. The van der Waals surface area contributed by atoms with Gasteiger partial charge in [-0.05, 0) is 24.3 Å². The number of hydrogen-bond acceptors (Lipinski definition) is 3. The first-order valence-corrected chi connectivity index (χ1v) is 5.71. The normalized spacial score (nSPS) is 9.83. The van der Waals surface area contributed by atoms with Gasteiger partial charge in [-0.1, -0.05) is 12.2 Å². The number of carboxylic acid groups (broad SMARTS) is 1. The first-order chi connectivity index (χ1) is 8.41. The lowest BCUT2D eigenvalue weighted by molar-refractivity contribution is -0.138. The Balaban J connectivity index is 2.71. The standard InChI is InChI=1S/C12H14N2O3S/c1-14(10(15)6-7-11(16)17)9-4-2-8(3-5-9)12(13)18/h2-5H,6-7H2,1H3,(H2,13,18)(H,16,17). The second-order valence-corrected chi connectivity index (χ2v) is 4.20. The van der Waals surface area contributed by atoms with Gasteiger partial charge in [-0.3, -0.25) is 9.59 Å². The maximum atomic E-state index is 11.7. The van der Waals surface area contributed by atoms with Crippen LogP contribution in [0.5, 0.6) is 0 Å². The molecule has 0 aliphatic rings. The van der Waals surface area contributed by atoms with Gasteiger partial charge >= 0.3 is 5.97 Å². The topological polar surface area (TPSA) is 83.6 Å². The lowest BCUT2D eigenvalue weighted by Crippen LogP contribution is -2.26. The summed E-state index contributed by atoms with van der Waals surface area (Å²) in [5.41, 5.74) is 6.86. The number of hydrogen-bond donors (Lipinski definition) is 2. The van der Waals surface area contributed by atoms with Crippen molar-refractivity contribution in [3.05, 3.63) is 29.8 Å². The third-order valence-corrected chi connectivity index (χ3v) is 2.70. The van der Waals surface area contributed by atoms with E-state index in [1.54, 1.807) is 31.3 Å². The van der Waals surface area contributed by atoms with Crippen LogP contribution in [0.2, 0.25) is 0 Å². The van der Waals surface area contributed by atoms with Crippen molar-refractivity contribution in [2.45, 2.75) is 12.8 Å². The molecule has 0 radical (unpaired) electrons. The Hall–Kier alpha value is -1.95. The molecule has 0 aliphatic heterocycles. The third kappa shape index (κ3) is 3.81. The molecule has 0 unspecified atom stereocenters. The zero-order chi connectivity index (χ0) is 13.7. The molecular formula is C12H14N2O3S. The lowest BCUT2D eigenvalue weighted by Gasteiger charge is -2.17. The van der Waals surface area contributed by atoms with E-state index in [4.69, 9.17) is 23.1 Å². The average Bonchev–Trinajstić information content (AvgIpc) is 2.35. The first kappa shape index (κ1) is 14.1. The van der Waals surface area contributed by atoms with Crippen LogP contribution in [-0.2, 0) is 9.59 Å². The number of carboxylic acids is 1. The van der Waals surface area contributed by atoms with Gasteiger partial charge in [0, 0.05) is 24.7 Å². The predicted molar refractivity (Wildman–Crippen MR) is 72.6 cm³/mol. The minimum Gasteiger partial charge on any atom is -0.481 e. The molecule has 1 aromatic carbocycles. The third-order valence-electron chi connectivity index (χ3n) is 2.47. The van der Waals surface area contributed by atoms with Crippen LogP contribution in [0, 0.1) is 0 Å². The second kappa shape index (κ2) is 6.11. The zero-order valence-corrected chi connectivity index (χ0v) is 10.7. The Morgan fingerprint density at radius 3 is 2.28 bits per heavy atom. The molecule has 1 aromatic rings. The van der Waals surface area contributed by atoms with Crippen molar-refractivity contribution in [3.63, 3.8) is 0 Å². The molecule has 0 bridgehead atoms. The average molecular weight is 266 g/mol. The number of amides is 1. The lowest BCUT2D eigenvalue weighted by atomic mass is 10.2. The van der Waals surface area contributed by atoms with Crippen molar-refractivity contribution in [2.24, 2.45) is 5.73 Å². The van der Waals surface area contributed by atoms with Gasteiger partial charge in [0.25, 0.3) is 0 Å². The summed E-state index contributed by atoms with van der Waals surface area (Å²) in [5.74, 6) is -1.24. The summed E-state index contributed by atoms with van der Waals surface area (Å²) in [6, 6.07) is 6.87. The van der Waals surface area contributed by atoms with E-state index in [1.807, 2.05) is 0 Å². The minimum atomic E-state index is -0.986. The Kier molecular flexibility index (Phi) is 4.79. The summed E-state index contributed by atoms with van der Waals surface area (Å²) in [6.45, 7) is 0. The monoisotopic (exact) mass is 266 g/mol. The summed E-state index contributed by atoms with van der Waals surface area (Å²) in [7, 11) is 1.60. The van der Waals surface area contributed by atoms with Crippen LogP contribution in [0.3, 0.4) is 0 Å². The predicted octanol–water partition coefficient (Wildman–Crippen LogP) is 1.15. The highest BCUT2D eigenvalue weighted by molar-refractivity contribution is 7.80. The molecule has 0 aliphatic carbocycles. The number of benzene rings is 1. The Labute approximate surface area is 110 Å². The van der Waals surface area contributed by atoms with E-state index < -0.39 is 5.97 Å². The fourth-order valence-corrected chi connectivity index (χ4v) is 1.51. The van der Waals surface area contributed by atoms with Crippen molar-refractivity contribution in [1.82, 2.24) is 0 Å². The van der Waals surface area contributed by atoms with Crippen molar-refractivity contribution < 1.29 is 14.7 Å². The number of carbonyl (C=O) groups excluding carboxylic acids is 1. The molecule has 1 rings (SSSR count). The zero-order valence-electron chi connectivity index (χ0n) is 9.92. The van der Waals surface area contributed by atoms with Gasteiger partial charge in [-0.15, -0.1) is 0 Å². The number of thiocarbonyl (C=S) groups is 1. The maximum Gasteiger partial charge on any atom is 0.303 e. The van der Waals surface area contributed by atoms with Gasteiger partial charge in [0.15, 0.2) is 0 Å². The fourth-order valence-electron chi connectivity index (χ4n) is 1.37. The van der Waals surface area contributed by atoms with Crippen LogP contribution in [0.15, 0.2) is 24.3 Å². The van der Waals surface area contributed by atoms with Crippen molar-refractivity contribution in [2.75, 3.05) is 11.9 Å².